The van der Waals surface area contributed by atoms with Crippen LogP contribution in [0, 0.1) is 0 Å². The Labute approximate surface area is 142 Å². The van der Waals surface area contributed by atoms with Crippen LogP contribution in [0.2, 0.25) is 0 Å². The molecule has 0 radical (unpaired) electrons. The first-order chi connectivity index (χ1) is 11.5. The normalized spacial score (nSPS) is 21.9. The summed E-state index contributed by atoms with van der Waals surface area (Å²) in [6, 6.07) is 13.9. The Morgan fingerprint density at radius 3 is 2.71 bits per heavy atom. The Bertz CT molecular complexity index is 824. The SMILES string of the molecule is CC1(C)CC(=O)C2=C(Cc3ccccc3NC2c2ccccn2)N1. The van der Waals surface area contributed by atoms with Gasteiger partial charge in [-0.25, -0.2) is 0 Å². The quantitative estimate of drug-likeness (QED) is 0.846. The first-order valence-corrected chi connectivity index (χ1v) is 8.33. The molecule has 2 aliphatic heterocycles. The summed E-state index contributed by atoms with van der Waals surface area (Å²) in [5, 5.41) is 7.15. The van der Waals surface area contributed by atoms with E-state index >= 15 is 0 Å². The fourth-order valence-corrected chi connectivity index (χ4v) is 3.66. The second kappa shape index (κ2) is 5.48. The number of carbonyl (C=O) groups excluding carboxylic acids is 1. The van der Waals surface area contributed by atoms with E-state index in [0.29, 0.717) is 6.42 Å². The molecule has 1 atom stereocenters. The Morgan fingerprint density at radius 2 is 1.92 bits per heavy atom. The first-order valence-electron chi connectivity index (χ1n) is 8.33. The number of fused-ring (bicyclic) bond motifs is 1. The van der Waals surface area contributed by atoms with Gasteiger partial charge in [0, 0.05) is 41.5 Å². The number of aromatic nitrogens is 1. The van der Waals surface area contributed by atoms with Crippen LogP contribution in [-0.4, -0.2) is 16.3 Å². The van der Waals surface area contributed by atoms with Crippen molar-refractivity contribution in [3.63, 3.8) is 0 Å². The summed E-state index contributed by atoms with van der Waals surface area (Å²) in [5.41, 5.74) is 4.76. The van der Waals surface area contributed by atoms with Gasteiger partial charge in [0.25, 0.3) is 0 Å². The van der Waals surface area contributed by atoms with E-state index in [0.717, 1.165) is 29.1 Å². The molecule has 2 aromatic rings. The maximum absolute atomic E-state index is 13.0. The summed E-state index contributed by atoms with van der Waals surface area (Å²) in [4.78, 5) is 17.5. The van der Waals surface area contributed by atoms with E-state index in [4.69, 9.17) is 0 Å². The van der Waals surface area contributed by atoms with Crippen molar-refractivity contribution in [1.82, 2.24) is 10.3 Å². The fourth-order valence-electron chi connectivity index (χ4n) is 3.66. The zero-order chi connectivity index (χ0) is 16.7. The number of nitrogens with zero attached hydrogens (tertiary/aromatic N) is 1. The van der Waals surface area contributed by atoms with Gasteiger partial charge in [0.1, 0.15) is 0 Å². The largest absolute Gasteiger partial charge is 0.382 e. The highest BCUT2D eigenvalue weighted by atomic mass is 16.1. The molecule has 1 aromatic carbocycles. The zero-order valence-corrected chi connectivity index (χ0v) is 14.0. The lowest BCUT2D eigenvalue weighted by Gasteiger charge is -2.36. The van der Waals surface area contributed by atoms with Gasteiger partial charge in [0.05, 0.1) is 11.7 Å². The van der Waals surface area contributed by atoms with Crippen molar-refractivity contribution in [3.8, 4) is 0 Å². The van der Waals surface area contributed by atoms with Gasteiger partial charge in [-0.2, -0.15) is 0 Å². The molecule has 0 aliphatic carbocycles. The van der Waals surface area contributed by atoms with Crippen molar-refractivity contribution in [1.29, 1.82) is 0 Å². The van der Waals surface area contributed by atoms with E-state index in [9.17, 15) is 4.79 Å². The number of benzene rings is 1. The lowest BCUT2D eigenvalue weighted by molar-refractivity contribution is -0.117. The van der Waals surface area contributed by atoms with Gasteiger partial charge >= 0.3 is 0 Å². The van der Waals surface area contributed by atoms with E-state index in [1.165, 1.54) is 5.56 Å². The number of anilines is 1. The summed E-state index contributed by atoms with van der Waals surface area (Å²) in [6.07, 6.45) is 3.00. The standard InChI is InChI=1S/C20H21N3O/c1-20(2)12-17(24)18-16(23-20)11-13-7-3-4-8-14(13)22-19(18)15-9-5-6-10-21-15/h3-10,19,22-23H,11-12H2,1-2H3. The Hall–Kier alpha value is -2.62. The van der Waals surface area contributed by atoms with Crippen LogP contribution in [0.15, 0.2) is 59.9 Å². The molecule has 0 saturated carbocycles. The Kier molecular flexibility index (Phi) is 3.41. The predicted octanol–water partition coefficient (Wildman–Crippen LogP) is 3.39. The van der Waals surface area contributed by atoms with Gasteiger partial charge in [0.15, 0.2) is 5.78 Å². The minimum Gasteiger partial charge on any atom is -0.382 e. The third kappa shape index (κ3) is 2.58. The average molecular weight is 319 g/mol. The second-order valence-corrected chi connectivity index (χ2v) is 7.17. The Balaban J connectivity index is 1.89. The zero-order valence-electron chi connectivity index (χ0n) is 14.0. The molecule has 4 heteroatoms. The van der Waals surface area contributed by atoms with Crippen LogP contribution in [0.4, 0.5) is 5.69 Å². The van der Waals surface area contributed by atoms with Crippen molar-refractivity contribution in [2.75, 3.05) is 5.32 Å². The van der Waals surface area contributed by atoms with Gasteiger partial charge in [-0.1, -0.05) is 24.3 Å². The highest BCUT2D eigenvalue weighted by Gasteiger charge is 2.38. The number of carbonyl (C=O) groups is 1. The molecule has 0 fully saturated rings. The van der Waals surface area contributed by atoms with Crippen molar-refractivity contribution >= 4 is 11.5 Å². The molecule has 3 heterocycles. The third-order valence-electron chi connectivity index (χ3n) is 4.67. The summed E-state index contributed by atoms with van der Waals surface area (Å²) >= 11 is 0. The number of pyridine rings is 1. The van der Waals surface area contributed by atoms with Crippen molar-refractivity contribution < 1.29 is 4.79 Å². The maximum atomic E-state index is 13.0. The summed E-state index contributed by atoms with van der Waals surface area (Å²) in [6.45, 7) is 4.16. The Morgan fingerprint density at radius 1 is 1.12 bits per heavy atom. The minimum atomic E-state index is -0.221. The third-order valence-corrected chi connectivity index (χ3v) is 4.67. The molecule has 2 N–H and O–H groups in total. The number of rotatable bonds is 1. The van der Waals surface area contributed by atoms with Gasteiger partial charge < -0.3 is 10.6 Å². The number of Topliss-reactive ketones (excluding diaryl/α,β-unsaturated/α-hetero) is 1. The van der Waals surface area contributed by atoms with E-state index < -0.39 is 0 Å². The van der Waals surface area contributed by atoms with E-state index in [-0.39, 0.29) is 17.4 Å². The van der Waals surface area contributed by atoms with Gasteiger partial charge in [-0.05, 0) is 37.6 Å². The number of nitrogens with one attached hydrogen (secondary N) is 2. The maximum Gasteiger partial charge on any atom is 0.165 e. The molecule has 24 heavy (non-hydrogen) atoms. The van der Waals surface area contributed by atoms with Crippen LogP contribution in [0.1, 0.15) is 37.6 Å². The molecule has 0 saturated heterocycles. The average Bonchev–Trinajstić information content (AvgIpc) is 2.70. The van der Waals surface area contributed by atoms with Crippen molar-refractivity contribution in [3.05, 3.63) is 71.2 Å². The van der Waals surface area contributed by atoms with E-state index in [1.54, 1.807) is 6.20 Å². The highest BCUT2D eigenvalue weighted by molar-refractivity contribution is 6.00. The van der Waals surface area contributed by atoms with Crippen LogP contribution in [0.3, 0.4) is 0 Å². The molecule has 1 aromatic heterocycles. The van der Waals surface area contributed by atoms with Gasteiger partial charge in [-0.15, -0.1) is 0 Å². The molecule has 0 spiro atoms. The summed E-state index contributed by atoms with van der Waals surface area (Å²) < 4.78 is 0. The van der Waals surface area contributed by atoms with Crippen LogP contribution >= 0.6 is 0 Å². The lowest BCUT2D eigenvalue weighted by atomic mass is 9.84. The topological polar surface area (TPSA) is 54.0 Å². The molecule has 0 bridgehead atoms. The molecule has 1 unspecified atom stereocenters. The van der Waals surface area contributed by atoms with E-state index in [1.807, 2.05) is 30.3 Å². The molecule has 4 rings (SSSR count). The number of para-hydroxylation sites is 1. The molecule has 0 amide bonds. The number of hydrogen-bond donors (Lipinski definition) is 2. The molecule has 2 aliphatic rings. The molecule has 4 nitrogen and oxygen atoms in total. The van der Waals surface area contributed by atoms with Crippen LogP contribution in [-0.2, 0) is 11.2 Å². The van der Waals surface area contributed by atoms with Gasteiger partial charge in [0.2, 0.25) is 0 Å². The van der Waals surface area contributed by atoms with Crippen molar-refractivity contribution in [2.45, 2.75) is 38.3 Å². The van der Waals surface area contributed by atoms with Crippen LogP contribution < -0.4 is 10.6 Å². The number of ketones is 1. The first kappa shape index (κ1) is 14.9. The predicted molar refractivity (Wildman–Crippen MR) is 94.6 cm³/mol. The minimum absolute atomic E-state index is 0.199. The monoisotopic (exact) mass is 319 g/mol. The summed E-state index contributed by atoms with van der Waals surface area (Å²) in [5.74, 6) is 0.199. The highest BCUT2D eigenvalue weighted by Crippen LogP contribution is 2.38. The number of allylic oxidation sites excluding steroid dienone is 1. The lowest BCUT2D eigenvalue weighted by Crippen LogP contribution is -2.47. The van der Waals surface area contributed by atoms with Gasteiger partial charge in [-0.3, -0.25) is 9.78 Å². The molecular weight excluding hydrogens is 298 g/mol. The molecular formula is C20H21N3O. The fraction of sp³-hybridized carbons (Fsp3) is 0.300. The second-order valence-electron chi connectivity index (χ2n) is 7.17. The smallest absolute Gasteiger partial charge is 0.165 e. The van der Waals surface area contributed by atoms with Crippen LogP contribution in [0.25, 0.3) is 0 Å². The summed E-state index contributed by atoms with van der Waals surface area (Å²) in [7, 11) is 0. The van der Waals surface area contributed by atoms with Crippen LogP contribution in [0.5, 0.6) is 0 Å². The number of hydrogen-bond acceptors (Lipinski definition) is 4. The van der Waals surface area contributed by atoms with E-state index in [2.05, 4.69) is 41.6 Å². The van der Waals surface area contributed by atoms with Crippen molar-refractivity contribution in [2.24, 2.45) is 0 Å². The molecule has 122 valence electrons.